The third-order valence-corrected chi connectivity index (χ3v) is 11.1. The van der Waals surface area contributed by atoms with E-state index in [0.717, 1.165) is 51.8 Å². The fraction of sp³-hybridized carbons (Fsp3) is 0.286. The topological polar surface area (TPSA) is 109 Å². The van der Waals surface area contributed by atoms with Crippen LogP contribution in [-0.2, 0) is 4.79 Å². The summed E-state index contributed by atoms with van der Waals surface area (Å²) in [6.07, 6.45) is 5.68. The van der Waals surface area contributed by atoms with Crippen LogP contribution in [0.3, 0.4) is 0 Å². The number of nitrogens with one attached hydrogen (secondary N) is 3. The number of aromatic nitrogens is 3. The monoisotopic (exact) mass is 515 g/mol. The number of H-pyrrole nitrogens is 1. The summed E-state index contributed by atoms with van der Waals surface area (Å²) in [5, 5.41) is 7.94. The van der Waals surface area contributed by atoms with Crippen molar-refractivity contribution in [2.75, 3.05) is 19.3 Å². The maximum Gasteiger partial charge on any atom is 0.345 e. The van der Waals surface area contributed by atoms with Crippen molar-refractivity contribution in [3.05, 3.63) is 82.5 Å². The Morgan fingerprint density at radius 2 is 1.97 bits per heavy atom. The lowest BCUT2D eigenvalue weighted by Crippen LogP contribution is -2.42. The summed E-state index contributed by atoms with van der Waals surface area (Å²) in [6.45, 7) is 3.64. The van der Waals surface area contributed by atoms with Gasteiger partial charge in [-0.3, -0.25) is 9.78 Å². The van der Waals surface area contributed by atoms with Crippen LogP contribution in [0.5, 0.6) is 11.5 Å². The Morgan fingerprint density at radius 3 is 2.73 bits per heavy atom. The predicted octanol–water partition coefficient (Wildman–Crippen LogP) is 4.40. The molecule has 4 aromatic rings. The maximum atomic E-state index is 13.5. The Labute approximate surface area is 216 Å². The smallest absolute Gasteiger partial charge is 0.345 e. The van der Waals surface area contributed by atoms with Crippen molar-refractivity contribution in [2.24, 2.45) is 5.92 Å². The normalized spacial score (nSPS) is 24.4. The number of carbonyl (C=O) groups is 1. The Bertz CT molecular complexity index is 1550. The Kier molecular flexibility index (Phi) is 5.97. The molecule has 3 atom stereocenters. The van der Waals surface area contributed by atoms with Gasteiger partial charge in [-0.15, -0.1) is 10.0 Å². The summed E-state index contributed by atoms with van der Waals surface area (Å²) < 4.78 is 6.08. The third kappa shape index (κ3) is 4.08. The number of carbonyl (C=O) groups excluding carboxylic acids is 1. The number of piperidine rings is 1. The average molecular weight is 516 g/mol. The quantitative estimate of drug-likeness (QED) is 0.364. The molecule has 1 saturated heterocycles. The number of pyridine rings is 1. The van der Waals surface area contributed by atoms with Crippen molar-refractivity contribution < 1.29 is 9.53 Å². The first-order valence-electron chi connectivity index (χ1n) is 12.5. The molecule has 4 heterocycles. The molecular weight excluding hydrogens is 486 g/mol. The number of nitrogens with zero attached hydrogens (tertiary/aromatic N) is 2. The minimum atomic E-state index is -1.93. The van der Waals surface area contributed by atoms with E-state index in [1.165, 1.54) is 0 Å². The number of amides is 1. The summed E-state index contributed by atoms with van der Waals surface area (Å²) in [5.41, 5.74) is 1.90. The number of hydrogen-bond donors (Lipinski definition) is 3. The molecule has 8 nitrogen and oxygen atoms in total. The lowest BCUT2D eigenvalue weighted by Gasteiger charge is -2.40. The van der Waals surface area contributed by atoms with E-state index in [-0.39, 0.29) is 11.8 Å². The second-order valence-corrected chi connectivity index (χ2v) is 13.0. The molecule has 0 spiro atoms. The van der Waals surface area contributed by atoms with E-state index in [1.807, 2.05) is 42.5 Å². The number of aromatic amines is 1. The first-order chi connectivity index (χ1) is 17.9. The number of benzene rings is 2. The molecule has 0 saturated carbocycles. The van der Waals surface area contributed by atoms with Crippen LogP contribution in [0.1, 0.15) is 29.5 Å². The van der Waals surface area contributed by atoms with Crippen molar-refractivity contribution in [3.8, 4) is 11.5 Å². The number of ether oxygens (including phenoxy) is 1. The van der Waals surface area contributed by atoms with E-state index in [9.17, 15) is 9.59 Å². The lowest BCUT2D eigenvalue weighted by molar-refractivity contribution is -0.125. The maximum absolute atomic E-state index is 13.5. The molecule has 2 aliphatic rings. The molecule has 37 heavy (non-hydrogen) atoms. The molecular formula is C28H29N5O3S. The fourth-order valence-corrected chi connectivity index (χ4v) is 9.17. The van der Waals surface area contributed by atoms with E-state index < -0.39 is 21.1 Å². The summed E-state index contributed by atoms with van der Waals surface area (Å²) in [7, 11) is -1.93. The summed E-state index contributed by atoms with van der Waals surface area (Å²) in [6, 6.07) is 17.5. The average Bonchev–Trinajstić information content (AvgIpc) is 3.14. The highest BCUT2D eigenvalue weighted by Gasteiger charge is 2.46. The first-order valence-corrected chi connectivity index (χ1v) is 14.6. The van der Waals surface area contributed by atoms with Gasteiger partial charge in [-0.1, -0.05) is 18.2 Å². The van der Waals surface area contributed by atoms with E-state index >= 15 is 0 Å². The van der Waals surface area contributed by atoms with Gasteiger partial charge in [0.1, 0.15) is 16.9 Å². The van der Waals surface area contributed by atoms with Crippen molar-refractivity contribution in [1.82, 2.24) is 25.6 Å². The molecule has 2 aliphatic heterocycles. The van der Waals surface area contributed by atoms with Gasteiger partial charge < -0.3 is 20.4 Å². The fourth-order valence-electron chi connectivity index (χ4n) is 5.49. The minimum absolute atomic E-state index is 0.00349. The largest absolute Gasteiger partial charge is 0.457 e. The molecule has 9 heteroatoms. The highest BCUT2D eigenvalue weighted by molar-refractivity contribution is 8.33. The van der Waals surface area contributed by atoms with Crippen LogP contribution in [0.25, 0.3) is 10.9 Å². The molecule has 1 amide bonds. The standard InChI is InChI=1S/C28H29N5O3S/c1-17-15-20(36-19-8-4-3-5-9-19)10-11-22(17)37(2)26-23-21(12-14-30-26)31-28(35)32-24(23)27(37)33-25(34)18-7-6-13-29-16-18/h3-5,8-12,14-15,18,27,29H,6-7,13,16H2,1-2H3,(H,33,34)(H,31,32,35). The van der Waals surface area contributed by atoms with Gasteiger partial charge in [-0.25, -0.2) is 4.79 Å². The summed E-state index contributed by atoms with van der Waals surface area (Å²) in [5.74, 6) is 1.39. The van der Waals surface area contributed by atoms with Crippen LogP contribution in [-0.4, -0.2) is 40.2 Å². The van der Waals surface area contributed by atoms with E-state index in [1.54, 1.807) is 12.3 Å². The van der Waals surface area contributed by atoms with Gasteiger partial charge in [0, 0.05) is 17.6 Å². The number of rotatable bonds is 5. The molecule has 190 valence electrons. The van der Waals surface area contributed by atoms with Crippen LogP contribution >= 0.6 is 10.0 Å². The van der Waals surface area contributed by atoms with Crippen molar-refractivity contribution in [2.45, 2.75) is 35.1 Å². The molecule has 6 rings (SSSR count). The zero-order chi connectivity index (χ0) is 25.6. The van der Waals surface area contributed by atoms with Gasteiger partial charge in [0.05, 0.1) is 27.5 Å². The molecule has 0 bridgehead atoms. The van der Waals surface area contributed by atoms with Gasteiger partial charge in [-0.05, 0) is 74.5 Å². The zero-order valence-corrected chi connectivity index (χ0v) is 21.6. The number of aryl methyl sites for hydroxylation is 1. The van der Waals surface area contributed by atoms with Crippen molar-refractivity contribution >= 4 is 26.8 Å². The highest BCUT2D eigenvalue weighted by atomic mass is 32.3. The van der Waals surface area contributed by atoms with Crippen LogP contribution in [0, 0.1) is 12.8 Å². The predicted molar refractivity (Wildman–Crippen MR) is 144 cm³/mol. The lowest BCUT2D eigenvalue weighted by atomic mass is 9.99. The van der Waals surface area contributed by atoms with E-state index in [0.29, 0.717) is 17.8 Å². The van der Waals surface area contributed by atoms with Gasteiger partial charge in [0.2, 0.25) is 5.91 Å². The molecule has 2 aromatic carbocycles. The van der Waals surface area contributed by atoms with Gasteiger partial charge in [-0.2, -0.15) is 4.98 Å². The Morgan fingerprint density at radius 1 is 1.14 bits per heavy atom. The molecule has 0 aliphatic carbocycles. The SMILES string of the molecule is Cc1cc(Oc2ccccc2)ccc1S1(C)c2nccc3nc(=O)[nH]c(c23)C1NC(=O)C1CCCNC1. The van der Waals surface area contributed by atoms with Gasteiger partial charge >= 0.3 is 5.69 Å². The summed E-state index contributed by atoms with van der Waals surface area (Å²) >= 11 is 0. The van der Waals surface area contributed by atoms with Gasteiger partial charge in [0.15, 0.2) is 0 Å². The van der Waals surface area contributed by atoms with Crippen LogP contribution in [0.15, 0.2) is 75.5 Å². The third-order valence-electron chi connectivity index (χ3n) is 7.29. The van der Waals surface area contributed by atoms with Crippen LogP contribution in [0.4, 0.5) is 0 Å². The minimum Gasteiger partial charge on any atom is -0.457 e. The van der Waals surface area contributed by atoms with Crippen molar-refractivity contribution in [1.29, 1.82) is 0 Å². The Hall–Kier alpha value is -3.69. The molecule has 0 radical (unpaired) electrons. The molecule has 1 fully saturated rings. The van der Waals surface area contributed by atoms with Crippen LogP contribution < -0.4 is 21.1 Å². The van der Waals surface area contributed by atoms with Crippen molar-refractivity contribution in [3.63, 3.8) is 0 Å². The zero-order valence-electron chi connectivity index (χ0n) is 20.8. The molecule has 3 unspecified atom stereocenters. The Balaban J connectivity index is 1.45. The summed E-state index contributed by atoms with van der Waals surface area (Å²) in [4.78, 5) is 39.1. The first kappa shape index (κ1) is 23.7. The number of hydrogen-bond acceptors (Lipinski definition) is 6. The van der Waals surface area contributed by atoms with Crippen LogP contribution in [0.2, 0.25) is 0 Å². The van der Waals surface area contributed by atoms with E-state index in [4.69, 9.17) is 9.72 Å². The number of para-hydroxylation sites is 1. The van der Waals surface area contributed by atoms with E-state index in [2.05, 4.69) is 39.8 Å². The molecule has 3 N–H and O–H groups in total. The second-order valence-electron chi connectivity index (χ2n) is 9.72. The highest BCUT2D eigenvalue weighted by Crippen LogP contribution is 2.73. The second kappa shape index (κ2) is 9.32. The molecule has 2 aromatic heterocycles. The van der Waals surface area contributed by atoms with Gasteiger partial charge in [0.25, 0.3) is 0 Å².